The molecule has 1 aliphatic rings. The van der Waals surface area contributed by atoms with Gasteiger partial charge in [-0.1, -0.05) is 54.6 Å². The van der Waals surface area contributed by atoms with Gasteiger partial charge in [0.1, 0.15) is 0 Å². The summed E-state index contributed by atoms with van der Waals surface area (Å²) >= 11 is 1.87. The Morgan fingerprint density at radius 3 is 2.29 bits per heavy atom. The van der Waals surface area contributed by atoms with Crippen LogP contribution in [0.1, 0.15) is 30.1 Å². The van der Waals surface area contributed by atoms with E-state index in [1.54, 1.807) is 0 Å². The van der Waals surface area contributed by atoms with E-state index in [1.165, 1.54) is 10.5 Å². The topological polar surface area (TPSA) is 23.1 Å². The fourth-order valence-corrected chi connectivity index (χ4v) is 4.14. The van der Waals surface area contributed by atoms with Gasteiger partial charge in [-0.25, -0.2) is 0 Å². The van der Waals surface area contributed by atoms with Crippen LogP contribution in [0.25, 0.3) is 0 Å². The second-order valence-electron chi connectivity index (χ2n) is 5.45. The number of hydrogen-bond donors (Lipinski definition) is 0. The van der Waals surface area contributed by atoms with Crippen LogP contribution in [-0.4, -0.2) is 0 Å². The van der Waals surface area contributed by atoms with Crippen molar-refractivity contribution >= 4 is 11.8 Å². The van der Waals surface area contributed by atoms with Gasteiger partial charge in [-0.15, -0.1) is 17.5 Å². The largest absolute Gasteiger partial charge is 0.876 e. The van der Waals surface area contributed by atoms with E-state index in [-0.39, 0.29) is 0 Å². The van der Waals surface area contributed by atoms with Crippen molar-refractivity contribution in [2.75, 3.05) is 0 Å². The summed E-state index contributed by atoms with van der Waals surface area (Å²) in [7, 11) is 0. The molecule has 0 saturated heterocycles. The average Bonchev–Trinajstić information content (AvgIpc) is 2.54. The van der Waals surface area contributed by atoms with E-state index >= 15 is 0 Å². The molecule has 1 aliphatic carbocycles. The predicted molar refractivity (Wildman–Crippen MR) is 86.9 cm³/mol. The smallest absolute Gasteiger partial charge is 0.0406 e. The van der Waals surface area contributed by atoms with Crippen molar-refractivity contribution in [2.24, 2.45) is 5.92 Å². The Morgan fingerprint density at radius 1 is 0.952 bits per heavy atom. The maximum atomic E-state index is 11.8. The maximum Gasteiger partial charge on any atom is 0.0406 e. The first-order valence-electron chi connectivity index (χ1n) is 7.47. The molecule has 0 aromatic heterocycles. The molecule has 21 heavy (non-hydrogen) atoms. The lowest BCUT2D eigenvalue weighted by atomic mass is 9.88. The van der Waals surface area contributed by atoms with Crippen LogP contribution in [0.2, 0.25) is 0 Å². The highest BCUT2D eigenvalue weighted by Gasteiger charge is 2.23. The lowest BCUT2D eigenvalue weighted by Crippen LogP contribution is -2.17. The van der Waals surface area contributed by atoms with Gasteiger partial charge in [0.05, 0.1) is 0 Å². The molecule has 2 atom stereocenters. The van der Waals surface area contributed by atoms with Crippen LogP contribution >= 0.6 is 11.8 Å². The summed E-state index contributed by atoms with van der Waals surface area (Å²) < 4.78 is 0. The van der Waals surface area contributed by atoms with Crippen LogP contribution in [0.3, 0.4) is 0 Å². The van der Waals surface area contributed by atoms with E-state index in [4.69, 9.17) is 0 Å². The zero-order valence-corrected chi connectivity index (χ0v) is 12.8. The zero-order chi connectivity index (χ0) is 14.5. The molecule has 0 aliphatic heterocycles. The molecule has 2 aromatic carbocycles. The molecular formula is C19H19OS-. The molecule has 2 heteroatoms. The minimum Gasteiger partial charge on any atom is -0.876 e. The molecule has 0 fully saturated rings. The summed E-state index contributed by atoms with van der Waals surface area (Å²) in [6.07, 6.45) is 4.79. The zero-order valence-electron chi connectivity index (χ0n) is 11.9. The molecule has 108 valence electrons. The molecule has 0 amide bonds. The molecule has 0 N–H and O–H groups in total. The van der Waals surface area contributed by atoms with Crippen LogP contribution in [-0.2, 0) is 0 Å². The Labute approximate surface area is 130 Å². The number of thioether (sulfide) groups is 1. The SMILES string of the molecule is [O-]C1=CC(C(Sc2ccccc2)c2ccccc2)CCC1. The van der Waals surface area contributed by atoms with E-state index < -0.39 is 0 Å². The standard InChI is InChI=1S/C19H20OS/c20-17-11-7-10-16(14-17)19(15-8-3-1-4-9-15)21-18-12-5-2-6-13-18/h1-6,8-9,12-14,16,19-20H,7,10-11H2/p-1. The van der Waals surface area contributed by atoms with Gasteiger partial charge in [0.2, 0.25) is 0 Å². The van der Waals surface area contributed by atoms with Crippen LogP contribution in [0.15, 0.2) is 77.4 Å². The van der Waals surface area contributed by atoms with E-state index in [0.717, 1.165) is 12.8 Å². The number of rotatable bonds is 4. The van der Waals surface area contributed by atoms with Gasteiger partial charge < -0.3 is 5.11 Å². The van der Waals surface area contributed by atoms with Gasteiger partial charge >= 0.3 is 0 Å². The van der Waals surface area contributed by atoms with Crippen LogP contribution in [0.4, 0.5) is 0 Å². The molecule has 0 heterocycles. The van der Waals surface area contributed by atoms with E-state index in [2.05, 4.69) is 48.5 Å². The predicted octanol–water partition coefficient (Wildman–Crippen LogP) is 4.56. The lowest BCUT2D eigenvalue weighted by Gasteiger charge is -2.31. The van der Waals surface area contributed by atoms with Crippen molar-refractivity contribution in [2.45, 2.75) is 29.4 Å². The Bertz CT molecular complexity index is 591. The van der Waals surface area contributed by atoms with Gasteiger partial charge in [-0.3, -0.25) is 0 Å². The van der Waals surface area contributed by atoms with Crippen molar-refractivity contribution in [1.82, 2.24) is 0 Å². The van der Waals surface area contributed by atoms with Crippen molar-refractivity contribution in [3.05, 3.63) is 78.1 Å². The van der Waals surface area contributed by atoms with Gasteiger partial charge in [0.25, 0.3) is 0 Å². The van der Waals surface area contributed by atoms with Crippen LogP contribution in [0, 0.1) is 5.92 Å². The molecule has 0 spiro atoms. The fourth-order valence-electron chi connectivity index (χ4n) is 2.85. The van der Waals surface area contributed by atoms with Crippen LogP contribution in [0.5, 0.6) is 0 Å². The second-order valence-corrected chi connectivity index (χ2v) is 6.67. The minimum atomic E-state index is 0.306. The van der Waals surface area contributed by atoms with Crippen molar-refractivity contribution in [3.63, 3.8) is 0 Å². The molecule has 0 saturated carbocycles. The molecule has 0 radical (unpaired) electrons. The summed E-state index contributed by atoms with van der Waals surface area (Å²) in [5.41, 5.74) is 1.31. The third-order valence-electron chi connectivity index (χ3n) is 3.88. The first-order chi connectivity index (χ1) is 10.3. The van der Waals surface area contributed by atoms with Gasteiger partial charge in [-0.2, -0.15) is 0 Å². The second kappa shape index (κ2) is 6.86. The quantitative estimate of drug-likeness (QED) is 0.772. The van der Waals surface area contributed by atoms with Crippen molar-refractivity contribution in [1.29, 1.82) is 0 Å². The minimum absolute atomic E-state index is 0.306. The van der Waals surface area contributed by atoms with Crippen molar-refractivity contribution < 1.29 is 5.11 Å². The Hall–Kier alpha value is -1.67. The van der Waals surface area contributed by atoms with E-state index in [0.29, 0.717) is 23.3 Å². The van der Waals surface area contributed by atoms with Gasteiger partial charge in [-0.05, 0) is 42.9 Å². The van der Waals surface area contributed by atoms with Crippen molar-refractivity contribution in [3.8, 4) is 0 Å². The first kappa shape index (κ1) is 14.3. The summed E-state index contributed by atoms with van der Waals surface area (Å²) in [5.74, 6) is 0.639. The number of hydrogen-bond acceptors (Lipinski definition) is 2. The molecule has 2 aromatic rings. The highest BCUT2D eigenvalue weighted by atomic mass is 32.2. The first-order valence-corrected chi connectivity index (χ1v) is 8.35. The molecule has 3 rings (SSSR count). The maximum absolute atomic E-state index is 11.8. The summed E-state index contributed by atoms with van der Waals surface area (Å²) in [4.78, 5) is 1.26. The summed E-state index contributed by atoms with van der Waals surface area (Å²) in [6, 6.07) is 21.0. The Morgan fingerprint density at radius 2 is 1.62 bits per heavy atom. The average molecular weight is 295 g/mol. The summed E-state index contributed by atoms with van der Waals surface area (Å²) in [5, 5.41) is 12.1. The number of benzene rings is 2. The van der Waals surface area contributed by atoms with E-state index in [1.807, 2.05) is 30.0 Å². The van der Waals surface area contributed by atoms with Gasteiger partial charge in [0, 0.05) is 10.1 Å². The summed E-state index contributed by atoms with van der Waals surface area (Å²) in [6.45, 7) is 0. The third kappa shape index (κ3) is 3.70. The van der Waals surface area contributed by atoms with Gasteiger partial charge in [0.15, 0.2) is 0 Å². The molecular weight excluding hydrogens is 276 g/mol. The molecule has 2 unspecified atom stereocenters. The monoisotopic (exact) mass is 295 g/mol. The fraction of sp³-hybridized carbons (Fsp3) is 0.263. The van der Waals surface area contributed by atoms with E-state index in [9.17, 15) is 5.11 Å². The lowest BCUT2D eigenvalue weighted by molar-refractivity contribution is -0.308. The Balaban J connectivity index is 1.89. The molecule has 1 nitrogen and oxygen atoms in total. The normalized spacial score (nSPS) is 19.8. The highest BCUT2D eigenvalue weighted by molar-refractivity contribution is 7.99. The molecule has 0 bridgehead atoms. The third-order valence-corrected chi connectivity index (χ3v) is 5.30. The number of allylic oxidation sites excluding steroid dienone is 2. The highest BCUT2D eigenvalue weighted by Crippen LogP contribution is 2.44. The van der Waals surface area contributed by atoms with Crippen LogP contribution < -0.4 is 5.11 Å². The Kier molecular flexibility index (Phi) is 4.66.